The van der Waals surface area contributed by atoms with Gasteiger partial charge in [-0.3, -0.25) is 4.79 Å². The van der Waals surface area contributed by atoms with Gasteiger partial charge in [0.15, 0.2) is 0 Å². The summed E-state index contributed by atoms with van der Waals surface area (Å²) in [7, 11) is 0. The topological polar surface area (TPSA) is 46.5 Å². The standard InChI is InChI=1S/C14H18F2O3/c1-3-11(14(18)19-4-2)12(17)9-5-7-10(8-6-9)13(15)16/h5-8,11-13,17H,3-4H2,1-2H3. The zero-order chi connectivity index (χ0) is 14.4. The summed E-state index contributed by atoms with van der Waals surface area (Å²) in [5, 5.41) is 10.1. The molecule has 0 fully saturated rings. The Morgan fingerprint density at radius 3 is 2.16 bits per heavy atom. The van der Waals surface area contributed by atoms with Crippen molar-refractivity contribution in [2.75, 3.05) is 6.61 Å². The first-order valence-electron chi connectivity index (χ1n) is 6.23. The molecule has 1 aromatic carbocycles. The molecule has 0 aliphatic heterocycles. The van der Waals surface area contributed by atoms with Crippen LogP contribution < -0.4 is 0 Å². The molecule has 0 aliphatic rings. The SMILES string of the molecule is CCOC(=O)C(CC)C(O)c1ccc(C(F)F)cc1. The van der Waals surface area contributed by atoms with E-state index in [1.54, 1.807) is 13.8 Å². The number of halogens is 2. The van der Waals surface area contributed by atoms with Crippen LogP contribution in [0.5, 0.6) is 0 Å². The summed E-state index contributed by atoms with van der Waals surface area (Å²) in [5.41, 5.74) is 0.324. The number of hydrogen-bond acceptors (Lipinski definition) is 3. The van der Waals surface area contributed by atoms with Gasteiger partial charge in [0, 0.05) is 5.56 Å². The third-order valence-electron chi connectivity index (χ3n) is 2.94. The highest BCUT2D eigenvalue weighted by molar-refractivity contribution is 5.73. The third-order valence-corrected chi connectivity index (χ3v) is 2.94. The number of aliphatic hydroxyl groups is 1. The molecule has 0 aliphatic carbocycles. The monoisotopic (exact) mass is 272 g/mol. The molecule has 19 heavy (non-hydrogen) atoms. The summed E-state index contributed by atoms with van der Waals surface area (Å²) in [6.07, 6.45) is -3.18. The van der Waals surface area contributed by atoms with E-state index >= 15 is 0 Å². The Balaban J connectivity index is 2.85. The highest BCUT2D eigenvalue weighted by atomic mass is 19.3. The number of hydrogen-bond donors (Lipinski definition) is 1. The fourth-order valence-corrected chi connectivity index (χ4v) is 1.84. The predicted octanol–water partition coefficient (Wildman–Crippen LogP) is 3.25. The highest BCUT2D eigenvalue weighted by Crippen LogP contribution is 2.27. The number of carbonyl (C=O) groups is 1. The van der Waals surface area contributed by atoms with Crippen molar-refractivity contribution in [3.05, 3.63) is 35.4 Å². The lowest BCUT2D eigenvalue weighted by atomic mass is 9.93. The van der Waals surface area contributed by atoms with Crippen LogP contribution in [0.4, 0.5) is 8.78 Å². The Morgan fingerprint density at radius 1 is 1.21 bits per heavy atom. The van der Waals surface area contributed by atoms with Gasteiger partial charge in [-0.25, -0.2) is 8.78 Å². The molecule has 2 unspecified atom stereocenters. The Kier molecular flexibility index (Phi) is 5.89. The molecule has 0 heterocycles. The summed E-state index contributed by atoms with van der Waals surface area (Å²) in [6.45, 7) is 3.69. The van der Waals surface area contributed by atoms with Gasteiger partial charge in [-0.05, 0) is 18.9 Å². The van der Waals surface area contributed by atoms with Crippen LogP contribution >= 0.6 is 0 Å². The second-order valence-corrected chi connectivity index (χ2v) is 4.18. The Hall–Kier alpha value is -1.49. The Labute approximate surface area is 111 Å². The first-order chi connectivity index (χ1) is 9.01. The van der Waals surface area contributed by atoms with Gasteiger partial charge < -0.3 is 9.84 Å². The van der Waals surface area contributed by atoms with E-state index < -0.39 is 24.4 Å². The molecule has 0 amide bonds. The molecular weight excluding hydrogens is 254 g/mol. The molecule has 5 heteroatoms. The van der Waals surface area contributed by atoms with E-state index in [2.05, 4.69) is 0 Å². The average Bonchev–Trinajstić information content (AvgIpc) is 2.39. The summed E-state index contributed by atoms with van der Waals surface area (Å²) >= 11 is 0. The summed E-state index contributed by atoms with van der Waals surface area (Å²) in [6, 6.07) is 5.32. The van der Waals surface area contributed by atoms with Crippen LogP contribution in [0, 0.1) is 5.92 Å². The molecule has 0 radical (unpaired) electrons. The minimum absolute atomic E-state index is 0.111. The molecular formula is C14H18F2O3. The van der Waals surface area contributed by atoms with E-state index in [9.17, 15) is 18.7 Å². The second-order valence-electron chi connectivity index (χ2n) is 4.18. The minimum atomic E-state index is -2.54. The normalized spacial score (nSPS) is 14.2. The van der Waals surface area contributed by atoms with Crippen LogP contribution in [-0.4, -0.2) is 17.7 Å². The molecule has 0 aromatic heterocycles. The van der Waals surface area contributed by atoms with E-state index in [0.717, 1.165) is 0 Å². The maximum Gasteiger partial charge on any atom is 0.311 e. The van der Waals surface area contributed by atoms with Crippen molar-refractivity contribution in [2.24, 2.45) is 5.92 Å². The maximum atomic E-state index is 12.4. The van der Waals surface area contributed by atoms with Crippen molar-refractivity contribution < 1.29 is 23.4 Å². The van der Waals surface area contributed by atoms with Crippen LogP contribution in [-0.2, 0) is 9.53 Å². The number of alkyl halides is 2. The molecule has 0 saturated heterocycles. The second kappa shape index (κ2) is 7.19. The van der Waals surface area contributed by atoms with E-state index in [1.807, 2.05) is 0 Å². The zero-order valence-corrected chi connectivity index (χ0v) is 11.0. The molecule has 0 saturated carbocycles. The number of aliphatic hydroxyl groups excluding tert-OH is 1. The van der Waals surface area contributed by atoms with Gasteiger partial charge in [-0.1, -0.05) is 31.2 Å². The lowest BCUT2D eigenvalue weighted by Crippen LogP contribution is -2.24. The molecule has 3 nitrogen and oxygen atoms in total. The molecule has 0 spiro atoms. The molecule has 106 valence electrons. The lowest BCUT2D eigenvalue weighted by molar-refractivity contribution is -0.152. The highest BCUT2D eigenvalue weighted by Gasteiger charge is 2.27. The van der Waals surface area contributed by atoms with Crippen molar-refractivity contribution in [1.82, 2.24) is 0 Å². The third kappa shape index (κ3) is 3.99. The minimum Gasteiger partial charge on any atom is -0.466 e. The molecule has 0 bridgehead atoms. The van der Waals surface area contributed by atoms with E-state index in [1.165, 1.54) is 24.3 Å². The van der Waals surface area contributed by atoms with Crippen molar-refractivity contribution >= 4 is 5.97 Å². The molecule has 2 atom stereocenters. The van der Waals surface area contributed by atoms with Crippen LogP contribution in [0.1, 0.15) is 43.9 Å². The lowest BCUT2D eigenvalue weighted by Gasteiger charge is -2.20. The molecule has 1 aromatic rings. The van der Waals surface area contributed by atoms with Crippen molar-refractivity contribution in [3.63, 3.8) is 0 Å². The van der Waals surface area contributed by atoms with E-state index in [0.29, 0.717) is 12.0 Å². The number of esters is 1. The van der Waals surface area contributed by atoms with Gasteiger partial charge in [-0.2, -0.15) is 0 Å². The van der Waals surface area contributed by atoms with Gasteiger partial charge in [0.05, 0.1) is 18.6 Å². The van der Waals surface area contributed by atoms with E-state index in [4.69, 9.17) is 4.74 Å². The Bertz CT molecular complexity index is 404. The number of rotatable bonds is 6. The summed E-state index contributed by atoms with van der Waals surface area (Å²) < 4.78 is 29.7. The fourth-order valence-electron chi connectivity index (χ4n) is 1.84. The van der Waals surface area contributed by atoms with Crippen molar-refractivity contribution in [3.8, 4) is 0 Å². The average molecular weight is 272 g/mol. The van der Waals surface area contributed by atoms with Crippen LogP contribution in [0.25, 0.3) is 0 Å². The Morgan fingerprint density at radius 2 is 1.74 bits per heavy atom. The molecule has 1 N–H and O–H groups in total. The zero-order valence-electron chi connectivity index (χ0n) is 11.0. The molecule has 1 rings (SSSR count). The first kappa shape index (κ1) is 15.6. The van der Waals surface area contributed by atoms with Gasteiger partial charge in [-0.15, -0.1) is 0 Å². The van der Waals surface area contributed by atoms with Gasteiger partial charge >= 0.3 is 5.97 Å². The number of benzene rings is 1. The maximum absolute atomic E-state index is 12.4. The van der Waals surface area contributed by atoms with Crippen LogP contribution in [0.15, 0.2) is 24.3 Å². The first-order valence-corrected chi connectivity index (χ1v) is 6.23. The fraction of sp³-hybridized carbons (Fsp3) is 0.500. The van der Waals surface area contributed by atoms with E-state index in [-0.39, 0.29) is 12.2 Å². The van der Waals surface area contributed by atoms with Crippen LogP contribution in [0.3, 0.4) is 0 Å². The summed E-state index contributed by atoms with van der Waals surface area (Å²) in [4.78, 5) is 11.7. The quantitative estimate of drug-likeness (QED) is 0.809. The smallest absolute Gasteiger partial charge is 0.311 e. The predicted molar refractivity (Wildman–Crippen MR) is 66.8 cm³/mol. The van der Waals surface area contributed by atoms with Gasteiger partial charge in [0.2, 0.25) is 0 Å². The van der Waals surface area contributed by atoms with Crippen molar-refractivity contribution in [2.45, 2.75) is 32.8 Å². The number of ether oxygens (including phenoxy) is 1. The van der Waals surface area contributed by atoms with Crippen LogP contribution in [0.2, 0.25) is 0 Å². The van der Waals surface area contributed by atoms with Gasteiger partial charge in [0.1, 0.15) is 0 Å². The largest absolute Gasteiger partial charge is 0.466 e. The van der Waals surface area contributed by atoms with Crippen molar-refractivity contribution in [1.29, 1.82) is 0 Å². The summed E-state index contributed by atoms with van der Waals surface area (Å²) in [5.74, 6) is -1.16. The van der Waals surface area contributed by atoms with Gasteiger partial charge in [0.25, 0.3) is 6.43 Å². The number of carbonyl (C=O) groups excluding carboxylic acids is 1.